The molecule has 1 nitrogen and oxygen atoms in total. The minimum Gasteiger partial charge on any atom is -0.381 e. The van der Waals surface area contributed by atoms with Gasteiger partial charge in [0.15, 0.2) is 0 Å². The zero-order chi connectivity index (χ0) is 14.7. The quantitative estimate of drug-likeness (QED) is 0.625. The van der Waals surface area contributed by atoms with Gasteiger partial charge in [-0.25, -0.2) is 0 Å². The maximum atomic E-state index is 6.06. The van der Waals surface area contributed by atoms with Crippen LogP contribution in [0.2, 0.25) is 0 Å². The van der Waals surface area contributed by atoms with E-state index in [1.165, 1.54) is 64.2 Å². The highest BCUT2D eigenvalue weighted by Crippen LogP contribution is 2.66. The van der Waals surface area contributed by atoms with E-state index in [0.717, 1.165) is 23.7 Å². The molecule has 0 radical (unpaired) electrons. The van der Waals surface area contributed by atoms with Crippen LogP contribution in [0.4, 0.5) is 0 Å². The van der Waals surface area contributed by atoms with Gasteiger partial charge in [-0.3, -0.25) is 0 Å². The predicted molar refractivity (Wildman–Crippen MR) is 87.1 cm³/mol. The Balaban J connectivity index is 1.68. The molecule has 0 unspecified atom stereocenters. The summed E-state index contributed by atoms with van der Waals surface area (Å²) in [5, 5.41) is 0. The molecule has 0 aromatic rings. The summed E-state index contributed by atoms with van der Waals surface area (Å²) in [6.07, 6.45) is 15.3. The van der Waals surface area contributed by atoms with Crippen LogP contribution in [0.15, 0.2) is 0 Å². The topological polar surface area (TPSA) is 9.23 Å². The van der Waals surface area contributed by atoms with Crippen LogP contribution in [0, 0.1) is 34.5 Å². The molecule has 4 aliphatic rings. The summed E-state index contributed by atoms with van der Waals surface area (Å²) in [6, 6.07) is 0. The molecule has 120 valence electrons. The first-order valence-corrected chi connectivity index (χ1v) is 9.61. The third kappa shape index (κ3) is 1.98. The zero-order valence-electron chi connectivity index (χ0n) is 14.4. The van der Waals surface area contributed by atoms with Crippen molar-refractivity contribution >= 4 is 0 Å². The average Bonchev–Trinajstić information content (AvgIpc) is 2.87. The smallest absolute Gasteiger partial charge is 0.0607 e. The minimum atomic E-state index is 0.555. The molecule has 21 heavy (non-hydrogen) atoms. The first-order valence-electron chi connectivity index (χ1n) is 9.61. The molecular formula is C20H34O. The molecule has 1 heteroatoms. The van der Waals surface area contributed by atoms with Crippen LogP contribution in [-0.4, -0.2) is 13.2 Å². The fraction of sp³-hybridized carbons (Fsp3) is 1.00. The van der Waals surface area contributed by atoms with Crippen LogP contribution in [-0.2, 0) is 4.74 Å². The standard InChI is InChI=1S/C20H34O/c1-19-10-6-8-15(19)14-13-18(21-3)17-7-4-5-11-20(17,2)16(14)9-12-19/h14-18H,4-13H2,1-3H3/t14-,15-,16-,17+,18+,19-,20+/m0/s1. The van der Waals surface area contributed by atoms with Crippen LogP contribution in [0.5, 0.6) is 0 Å². The third-order valence-corrected chi connectivity index (χ3v) is 8.65. The molecule has 0 aliphatic heterocycles. The average molecular weight is 290 g/mol. The van der Waals surface area contributed by atoms with E-state index in [2.05, 4.69) is 13.8 Å². The summed E-state index contributed by atoms with van der Waals surface area (Å²) in [5.74, 6) is 3.83. The van der Waals surface area contributed by atoms with Gasteiger partial charge in [-0.2, -0.15) is 0 Å². The van der Waals surface area contributed by atoms with Gasteiger partial charge < -0.3 is 4.74 Å². The Morgan fingerprint density at radius 3 is 2.43 bits per heavy atom. The molecule has 4 rings (SSSR count). The van der Waals surface area contributed by atoms with Crippen LogP contribution in [0.25, 0.3) is 0 Å². The Labute approximate surface area is 131 Å². The Bertz CT molecular complexity index is 405. The molecule has 0 bridgehead atoms. The summed E-state index contributed by atoms with van der Waals surface area (Å²) >= 11 is 0. The van der Waals surface area contributed by atoms with Gasteiger partial charge in [0.2, 0.25) is 0 Å². The lowest BCUT2D eigenvalue weighted by molar-refractivity contribution is -0.161. The number of ether oxygens (including phenoxy) is 1. The van der Waals surface area contributed by atoms with Crippen molar-refractivity contribution in [1.29, 1.82) is 0 Å². The minimum absolute atomic E-state index is 0.555. The summed E-state index contributed by atoms with van der Waals surface area (Å²) in [5.41, 5.74) is 1.27. The molecule has 0 aromatic heterocycles. The van der Waals surface area contributed by atoms with Gasteiger partial charge in [0.05, 0.1) is 6.10 Å². The third-order valence-electron chi connectivity index (χ3n) is 8.65. The number of hydrogen-bond acceptors (Lipinski definition) is 1. The molecule has 0 aromatic carbocycles. The second-order valence-corrected chi connectivity index (χ2v) is 9.33. The molecule has 4 fully saturated rings. The highest BCUT2D eigenvalue weighted by atomic mass is 16.5. The summed E-state index contributed by atoms with van der Waals surface area (Å²) in [6.45, 7) is 5.26. The lowest BCUT2D eigenvalue weighted by Crippen LogP contribution is -2.56. The van der Waals surface area contributed by atoms with Crippen LogP contribution in [0.1, 0.15) is 78.1 Å². The van der Waals surface area contributed by atoms with Gasteiger partial charge in [-0.05, 0) is 79.4 Å². The molecule has 4 aliphatic carbocycles. The van der Waals surface area contributed by atoms with Crippen molar-refractivity contribution in [3.05, 3.63) is 0 Å². The summed E-state index contributed by atoms with van der Waals surface area (Å²) < 4.78 is 6.06. The van der Waals surface area contributed by atoms with Crippen LogP contribution >= 0.6 is 0 Å². The molecule has 0 amide bonds. The molecule has 7 atom stereocenters. The largest absolute Gasteiger partial charge is 0.381 e. The van der Waals surface area contributed by atoms with E-state index in [1.54, 1.807) is 0 Å². The Hall–Kier alpha value is -0.0400. The SMILES string of the molecule is CO[C@@H]1C[C@H]2[C@@H]3CCC[C@@]3(C)CC[C@@H]2[C@@]2(C)CCCC[C@H]12. The fourth-order valence-corrected chi connectivity index (χ4v) is 7.58. The van der Waals surface area contributed by atoms with Crippen molar-refractivity contribution < 1.29 is 4.74 Å². The lowest BCUT2D eigenvalue weighted by Gasteiger charge is -2.61. The van der Waals surface area contributed by atoms with E-state index in [-0.39, 0.29) is 0 Å². The number of methoxy groups -OCH3 is 1. The molecule has 0 spiro atoms. The van der Waals surface area contributed by atoms with Crippen molar-refractivity contribution in [2.75, 3.05) is 7.11 Å². The first kappa shape index (κ1) is 14.5. The highest BCUT2D eigenvalue weighted by Gasteiger charge is 2.59. The molecular weight excluding hydrogens is 256 g/mol. The maximum Gasteiger partial charge on any atom is 0.0607 e. The van der Waals surface area contributed by atoms with E-state index in [1.807, 2.05) is 7.11 Å². The number of rotatable bonds is 1. The second-order valence-electron chi connectivity index (χ2n) is 9.33. The van der Waals surface area contributed by atoms with E-state index in [4.69, 9.17) is 4.74 Å². The zero-order valence-corrected chi connectivity index (χ0v) is 14.4. The molecule has 0 heterocycles. The Morgan fingerprint density at radius 1 is 0.810 bits per heavy atom. The van der Waals surface area contributed by atoms with Gasteiger partial charge in [0, 0.05) is 7.11 Å². The van der Waals surface area contributed by atoms with Crippen molar-refractivity contribution in [3.8, 4) is 0 Å². The van der Waals surface area contributed by atoms with Crippen molar-refractivity contribution in [2.45, 2.75) is 84.2 Å². The van der Waals surface area contributed by atoms with Gasteiger partial charge in [-0.15, -0.1) is 0 Å². The van der Waals surface area contributed by atoms with Gasteiger partial charge in [-0.1, -0.05) is 33.1 Å². The van der Waals surface area contributed by atoms with Gasteiger partial charge in [0.25, 0.3) is 0 Å². The van der Waals surface area contributed by atoms with E-state index in [0.29, 0.717) is 16.9 Å². The van der Waals surface area contributed by atoms with Gasteiger partial charge in [0.1, 0.15) is 0 Å². The molecule has 4 saturated carbocycles. The maximum absolute atomic E-state index is 6.06. The van der Waals surface area contributed by atoms with E-state index < -0.39 is 0 Å². The van der Waals surface area contributed by atoms with Crippen molar-refractivity contribution in [1.82, 2.24) is 0 Å². The first-order chi connectivity index (χ1) is 10.1. The van der Waals surface area contributed by atoms with E-state index in [9.17, 15) is 0 Å². The normalized spacial score (nSPS) is 56.4. The van der Waals surface area contributed by atoms with Gasteiger partial charge >= 0.3 is 0 Å². The van der Waals surface area contributed by atoms with Crippen molar-refractivity contribution in [2.24, 2.45) is 34.5 Å². The molecule has 0 N–H and O–H groups in total. The highest BCUT2D eigenvalue weighted by molar-refractivity contribution is 5.08. The number of hydrogen-bond donors (Lipinski definition) is 0. The van der Waals surface area contributed by atoms with Crippen LogP contribution in [0.3, 0.4) is 0 Å². The Kier molecular flexibility index (Phi) is 3.45. The second kappa shape index (κ2) is 4.98. The van der Waals surface area contributed by atoms with Crippen LogP contribution < -0.4 is 0 Å². The van der Waals surface area contributed by atoms with Crippen molar-refractivity contribution in [3.63, 3.8) is 0 Å². The summed E-state index contributed by atoms with van der Waals surface area (Å²) in [4.78, 5) is 0. The predicted octanol–water partition coefficient (Wildman–Crippen LogP) is 5.43. The van der Waals surface area contributed by atoms with E-state index >= 15 is 0 Å². The monoisotopic (exact) mass is 290 g/mol. The summed E-state index contributed by atoms with van der Waals surface area (Å²) in [7, 11) is 1.98. The lowest BCUT2D eigenvalue weighted by atomic mass is 9.45. The fourth-order valence-electron chi connectivity index (χ4n) is 7.58. The number of fused-ring (bicyclic) bond motifs is 5. The Morgan fingerprint density at radius 2 is 1.62 bits per heavy atom. The molecule has 0 saturated heterocycles.